The quantitative estimate of drug-likeness (QED) is 0.229. The van der Waals surface area contributed by atoms with E-state index in [-0.39, 0.29) is 35.9 Å². The van der Waals surface area contributed by atoms with Crippen LogP contribution >= 0.6 is 0 Å². The minimum Gasteiger partial charge on any atom is -0.497 e. The number of para-hydroxylation sites is 1. The molecule has 0 bridgehead atoms. The number of likely N-dealkylation sites (N-methyl/N-ethyl adjacent to an activating group) is 2. The molecule has 4 atom stereocenters. The van der Waals surface area contributed by atoms with Crippen LogP contribution in [0.2, 0.25) is 0 Å². The predicted molar refractivity (Wildman–Crippen MR) is 189 cm³/mol. The van der Waals surface area contributed by atoms with Crippen molar-refractivity contribution in [2.24, 2.45) is 0 Å². The number of rotatable bonds is 10. The van der Waals surface area contributed by atoms with Crippen molar-refractivity contribution in [2.75, 3.05) is 39.2 Å². The van der Waals surface area contributed by atoms with E-state index in [4.69, 9.17) is 14.2 Å². The lowest BCUT2D eigenvalue weighted by Crippen LogP contribution is -2.69. The molecule has 1 N–H and O–H groups in total. The summed E-state index contributed by atoms with van der Waals surface area (Å²) in [7, 11) is 1.28. The Kier molecular flexibility index (Phi) is 8.79. The number of halogens is 1. The van der Waals surface area contributed by atoms with Crippen molar-refractivity contribution >= 4 is 27.5 Å². The SMILES string of the molecule is CNC(=O)[C@@H]1C[C@@H](F)C[N+]1(C)C1(c2ccccc2OCc2ccccc2)C(=O)N(S(=O)(=O)c2ccc(OC)cc2OC)c2cc3c(cc21)CCC3. The molecule has 51 heavy (non-hydrogen) atoms. The molecule has 4 aromatic rings. The summed E-state index contributed by atoms with van der Waals surface area (Å²) in [4.78, 5) is 29.4. The molecule has 10 nitrogen and oxygen atoms in total. The van der Waals surface area contributed by atoms with Crippen molar-refractivity contribution < 1.29 is 41.1 Å². The zero-order valence-corrected chi connectivity index (χ0v) is 29.8. The highest BCUT2D eigenvalue weighted by Gasteiger charge is 2.72. The molecule has 0 radical (unpaired) electrons. The Morgan fingerprint density at radius 2 is 1.65 bits per heavy atom. The summed E-state index contributed by atoms with van der Waals surface area (Å²) in [6.07, 6.45) is 0.683. The minimum absolute atomic E-state index is 0.0115. The number of nitrogens with one attached hydrogen (secondary N) is 1. The summed E-state index contributed by atoms with van der Waals surface area (Å²) >= 11 is 0. The maximum atomic E-state index is 16.0. The molecule has 12 heteroatoms. The van der Waals surface area contributed by atoms with Gasteiger partial charge in [-0.3, -0.25) is 14.1 Å². The van der Waals surface area contributed by atoms with Crippen molar-refractivity contribution in [3.63, 3.8) is 0 Å². The van der Waals surface area contributed by atoms with Crippen LogP contribution in [-0.4, -0.2) is 71.8 Å². The normalized spacial score (nSPS) is 23.9. The fourth-order valence-electron chi connectivity index (χ4n) is 8.41. The summed E-state index contributed by atoms with van der Waals surface area (Å²) < 4.78 is 63.8. The Morgan fingerprint density at radius 3 is 2.35 bits per heavy atom. The highest BCUT2D eigenvalue weighted by molar-refractivity contribution is 7.93. The van der Waals surface area contributed by atoms with Crippen LogP contribution in [0.5, 0.6) is 17.2 Å². The first-order chi connectivity index (χ1) is 24.5. The van der Waals surface area contributed by atoms with E-state index in [1.165, 1.54) is 39.5 Å². The van der Waals surface area contributed by atoms with Crippen molar-refractivity contribution in [3.8, 4) is 17.2 Å². The first-order valence-electron chi connectivity index (χ1n) is 17.0. The summed E-state index contributed by atoms with van der Waals surface area (Å²) in [6.45, 7) is -0.0777. The molecule has 1 saturated heterocycles. The summed E-state index contributed by atoms with van der Waals surface area (Å²) in [5.74, 6) is -0.607. The van der Waals surface area contributed by atoms with Crippen LogP contribution in [0, 0.1) is 0 Å². The summed E-state index contributed by atoms with van der Waals surface area (Å²) in [5, 5.41) is 2.69. The van der Waals surface area contributed by atoms with Gasteiger partial charge in [-0.05, 0) is 72.4 Å². The molecular formula is C39H41FN3O7S+. The number of nitrogens with zero attached hydrogens (tertiary/aromatic N) is 2. The van der Waals surface area contributed by atoms with Gasteiger partial charge in [0.05, 0.1) is 38.1 Å². The van der Waals surface area contributed by atoms with Crippen LogP contribution in [0.25, 0.3) is 0 Å². The van der Waals surface area contributed by atoms with Crippen LogP contribution in [0.4, 0.5) is 10.1 Å². The molecular weight excluding hydrogens is 674 g/mol. The average molecular weight is 715 g/mol. The van der Waals surface area contributed by atoms with Gasteiger partial charge in [0.15, 0.2) is 12.2 Å². The molecule has 2 unspecified atom stereocenters. The van der Waals surface area contributed by atoms with E-state index in [0.29, 0.717) is 29.0 Å². The highest BCUT2D eigenvalue weighted by Crippen LogP contribution is 2.58. The average Bonchev–Trinajstić information content (AvgIpc) is 3.81. The van der Waals surface area contributed by atoms with Crippen molar-refractivity contribution in [1.82, 2.24) is 5.32 Å². The number of carbonyl (C=O) groups is 2. The Balaban J connectivity index is 1.54. The number of hydrogen-bond acceptors (Lipinski definition) is 7. The maximum Gasteiger partial charge on any atom is 0.312 e. The molecule has 0 aromatic heterocycles. The van der Waals surface area contributed by atoms with Gasteiger partial charge in [0.2, 0.25) is 5.54 Å². The lowest BCUT2D eigenvalue weighted by atomic mass is 9.78. The molecule has 3 aliphatic rings. The number of carbonyl (C=O) groups excluding carboxylic acids is 2. The monoisotopic (exact) mass is 714 g/mol. The number of likely N-dealkylation sites (tertiary alicyclic amines) is 1. The standard InChI is InChI=1S/C39H40FN3O7S/c1-41-37(44)33-21-28(40)23-43(33,2)39(30-15-8-9-16-34(30)50-24-25-11-6-5-7-12-25)31-19-26-13-10-14-27(26)20-32(31)42(38(39)45)51(46,47)36-18-17-29(48-3)22-35(36)49-4/h5-9,11-12,15-20,22,28,33H,10,13-14,21,23-24H2,1-4H3/p+1/t28-,33+,39?,43?/m1/s1. The van der Waals surface area contributed by atoms with Crippen molar-refractivity contribution in [2.45, 2.75) is 54.9 Å². The van der Waals surface area contributed by atoms with Gasteiger partial charge in [0, 0.05) is 19.5 Å². The van der Waals surface area contributed by atoms with Crippen molar-refractivity contribution in [3.05, 3.63) is 113 Å². The number of anilines is 1. The second-order valence-electron chi connectivity index (χ2n) is 13.5. The predicted octanol–water partition coefficient (Wildman–Crippen LogP) is 5.05. The van der Waals surface area contributed by atoms with Gasteiger partial charge in [-0.2, -0.15) is 4.31 Å². The topological polar surface area (TPSA) is 111 Å². The second-order valence-corrected chi connectivity index (χ2v) is 15.2. The molecule has 2 aliphatic heterocycles. The highest BCUT2D eigenvalue weighted by atomic mass is 32.2. The fraction of sp³-hybridized carbons (Fsp3) is 0.333. The van der Waals surface area contributed by atoms with Gasteiger partial charge in [-0.1, -0.05) is 42.5 Å². The third-order valence-corrected chi connectivity index (χ3v) is 12.5. The van der Waals surface area contributed by atoms with E-state index < -0.39 is 44.1 Å². The lowest BCUT2D eigenvalue weighted by molar-refractivity contribution is -0.953. The molecule has 0 spiro atoms. The third-order valence-electron chi connectivity index (χ3n) is 10.8. The zero-order valence-electron chi connectivity index (χ0n) is 29.0. The maximum absolute atomic E-state index is 16.0. The Morgan fingerprint density at radius 1 is 0.941 bits per heavy atom. The zero-order chi connectivity index (χ0) is 36.1. The Hall–Kier alpha value is -4.94. The number of aryl methyl sites for hydroxylation is 2. The number of methoxy groups -OCH3 is 2. The molecule has 7 rings (SSSR count). The number of quaternary nitrogens is 1. The summed E-state index contributed by atoms with van der Waals surface area (Å²) in [5.41, 5.74) is 1.75. The van der Waals surface area contributed by atoms with Crippen LogP contribution in [-0.2, 0) is 44.6 Å². The van der Waals surface area contributed by atoms with Gasteiger partial charge >= 0.3 is 5.91 Å². The molecule has 0 saturated carbocycles. The third kappa shape index (κ3) is 5.26. The number of hydrogen-bond donors (Lipinski definition) is 1. The van der Waals surface area contributed by atoms with Crippen LogP contribution < -0.4 is 23.8 Å². The van der Waals surface area contributed by atoms with E-state index >= 15 is 17.6 Å². The van der Waals surface area contributed by atoms with Gasteiger partial charge in [-0.15, -0.1) is 0 Å². The van der Waals surface area contributed by atoms with Crippen LogP contribution in [0.3, 0.4) is 0 Å². The molecule has 2 amide bonds. The lowest BCUT2D eigenvalue weighted by Gasteiger charge is -2.48. The van der Waals surface area contributed by atoms with Crippen LogP contribution in [0.1, 0.15) is 40.7 Å². The number of sulfonamides is 1. The van der Waals surface area contributed by atoms with E-state index in [1.54, 1.807) is 37.4 Å². The van der Waals surface area contributed by atoms with E-state index in [0.717, 1.165) is 33.8 Å². The summed E-state index contributed by atoms with van der Waals surface area (Å²) in [6, 6.07) is 23.4. The molecule has 2 heterocycles. The van der Waals surface area contributed by atoms with Gasteiger partial charge in [0.25, 0.3) is 15.9 Å². The fourth-order valence-corrected chi connectivity index (χ4v) is 10.0. The van der Waals surface area contributed by atoms with Crippen LogP contribution in [0.15, 0.2) is 89.8 Å². The number of fused-ring (bicyclic) bond motifs is 2. The van der Waals surface area contributed by atoms with E-state index in [2.05, 4.69) is 5.32 Å². The number of alkyl halides is 1. The molecule has 1 fully saturated rings. The first kappa shape index (κ1) is 34.5. The largest absolute Gasteiger partial charge is 0.497 e. The number of ether oxygens (including phenoxy) is 3. The van der Waals surface area contributed by atoms with Gasteiger partial charge in [-0.25, -0.2) is 12.8 Å². The van der Waals surface area contributed by atoms with E-state index in [1.807, 2.05) is 36.4 Å². The molecule has 4 aromatic carbocycles. The Bertz CT molecular complexity index is 2130. The molecule has 1 aliphatic carbocycles. The minimum atomic E-state index is -4.69. The van der Waals surface area contributed by atoms with E-state index in [9.17, 15) is 4.79 Å². The Labute approximate surface area is 297 Å². The van der Waals surface area contributed by atoms with Crippen molar-refractivity contribution in [1.29, 1.82) is 0 Å². The first-order valence-corrected chi connectivity index (χ1v) is 18.4. The number of amides is 2. The van der Waals surface area contributed by atoms with Gasteiger partial charge in [0.1, 0.15) is 35.3 Å². The second kappa shape index (κ2) is 13.0. The smallest absolute Gasteiger partial charge is 0.312 e. The number of benzene rings is 4. The van der Waals surface area contributed by atoms with Gasteiger partial charge < -0.3 is 19.5 Å². The molecule has 266 valence electrons.